The number of hydrogen-bond acceptors (Lipinski definition) is 5. The van der Waals surface area contributed by atoms with Crippen LogP contribution in [0, 0.1) is 13.8 Å². The van der Waals surface area contributed by atoms with Crippen molar-refractivity contribution in [2.24, 2.45) is 0 Å². The molecule has 1 aliphatic rings. The SMILES string of the molecule is Cc1ccc(-c2nc(C)c(C(C)NC(=O)N3C[C@@H](F)C[C@H]3C(=O)[O-])s2)cc1.[K+]. The molecule has 1 aromatic heterocycles. The number of carboxylic acid groups (broad SMARTS) is 1. The molecule has 2 heterocycles. The van der Waals surface area contributed by atoms with Gasteiger partial charge in [0.25, 0.3) is 0 Å². The number of hydrogen-bond donors (Lipinski definition) is 1. The summed E-state index contributed by atoms with van der Waals surface area (Å²) in [4.78, 5) is 30.1. The van der Waals surface area contributed by atoms with Crippen molar-refractivity contribution >= 4 is 23.3 Å². The standard InChI is InChI=1S/C19H22FN3O3S.K/c1-10-4-6-13(7-5-10)17-21-11(2)16(27-17)12(3)22-19(26)23-9-14(20)8-15(23)18(24)25;/h4-7,12,14-15H,8-9H2,1-3H3,(H,22,26)(H,24,25);/q;+1/p-1/t12?,14-,15-;/m0./s1. The summed E-state index contributed by atoms with van der Waals surface area (Å²) in [7, 11) is 0. The van der Waals surface area contributed by atoms with Gasteiger partial charge in [-0.2, -0.15) is 0 Å². The van der Waals surface area contributed by atoms with Crippen molar-refractivity contribution in [3.63, 3.8) is 0 Å². The van der Waals surface area contributed by atoms with Crippen LogP contribution in [0.15, 0.2) is 24.3 Å². The third-order valence-corrected chi connectivity index (χ3v) is 6.04. The van der Waals surface area contributed by atoms with E-state index < -0.39 is 24.2 Å². The second kappa shape index (κ2) is 9.77. The molecule has 6 nitrogen and oxygen atoms in total. The van der Waals surface area contributed by atoms with Crippen LogP contribution in [0.25, 0.3) is 10.6 Å². The Bertz CT molecular complexity index is 859. The molecule has 1 aliphatic heterocycles. The number of benzene rings is 1. The number of nitrogens with one attached hydrogen (secondary N) is 1. The van der Waals surface area contributed by atoms with Gasteiger partial charge in [-0.05, 0) is 20.8 Å². The first-order chi connectivity index (χ1) is 12.8. The van der Waals surface area contributed by atoms with Crippen LogP contribution in [0.3, 0.4) is 0 Å². The number of rotatable bonds is 4. The second-order valence-electron chi connectivity index (χ2n) is 6.83. The number of aryl methyl sites for hydroxylation is 2. The van der Waals surface area contributed by atoms with Gasteiger partial charge in [-0.15, -0.1) is 11.3 Å². The van der Waals surface area contributed by atoms with Gasteiger partial charge in [0, 0.05) is 12.0 Å². The molecule has 1 saturated heterocycles. The van der Waals surface area contributed by atoms with Crippen LogP contribution in [0.4, 0.5) is 9.18 Å². The number of aliphatic carboxylic acids is 1. The van der Waals surface area contributed by atoms with E-state index in [9.17, 15) is 19.1 Å². The number of amides is 2. The van der Waals surface area contributed by atoms with Crippen LogP contribution in [0.1, 0.15) is 35.5 Å². The summed E-state index contributed by atoms with van der Waals surface area (Å²) >= 11 is 1.47. The van der Waals surface area contributed by atoms with E-state index >= 15 is 0 Å². The van der Waals surface area contributed by atoms with Crippen molar-refractivity contribution in [2.45, 2.75) is 45.4 Å². The molecular formula is C19H21FKN3O3S. The van der Waals surface area contributed by atoms with Gasteiger partial charge in [0.15, 0.2) is 0 Å². The molecule has 3 rings (SSSR count). The molecule has 3 atom stereocenters. The van der Waals surface area contributed by atoms with Crippen molar-refractivity contribution in [3.05, 3.63) is 40.4 Å². The summed E-state index contributed by atoms with van der Waals surface area (Å²) in [6.45, 7) is 5.44. The van der Waals surface area contributed by atoms with Crippen LogP contribution in [0.5, 0.6) is 0 Å². The third-order valence-electron chi connectivity index (χ3n) is 4.65. The van der Waals surface area contributed by atoms with E-state index in [-0.39, 0.29) is 70.4 Å². The van der Waals surface area contributed by atoms with Crippen molar-refractivity contribution in [1.29, 1.82) is 0 Å². The number of nitrogens with zero attached hydrogens (tertiary/aromatic N) is 2. The van der Waals surface area contributed by atoms with Crippen LogP contribution >= 0.6 is 11.3 Å². The van der Waals surface area contributed by atoms with Gasteiger partial charge < -0.3 is 20.1 Å². The number of carbonyl (C=O) groups excluding carboxylic acids is 2. The maximum atomic E-state index is 13.6. The first-order valence-electron chi connectivity index (χ1n) is 8.72. The van der Waals surface area contributed by atoms with E-state index in [2.05, 4.69) is 10.3 Å². The Kier molecular flexibility index (Phi) is 8.18. The molecule has 9 heteroatoms. The van der Waals surface area contributed by atoms with E-state index in [4.69, 9.17) is 0 Å². The number of alkyl halides is 1. The summed E-state index contributed by atoms with van der Waals surface area (Å²) < 4.78 is 13.6. The molecule has 0 saturated carbocycles. The van der Waals surface area contributed by atoms with E-state index in [0.29, 0.717) is 0 Å². The van der Waals surface area contributed by atoms with Gasteiger partial charge in [0.05, 0.1) is 35.2 Å². The Labute approximate surface area is 210 Å². The normalized spacial score (nSPS) is 19.8. The predicted molar refractivity (Wildman–Crippen MR) is 99.0 cm³/mol. The smallest absolute Gasteiger partial charge is 0.548 e. The Morgan fingerprint density at radius 2 is 1.96 bits per heavy atom. The number of urea groups is 1. The van der Waals surface area contributed by atoms with Gasteiger partial charge in [-0.3, -0.25) is 0 Å². The third kappa shape index (κ3) is 5.20. The quantitative estimate of drug-likeness (QED) is 0.656. The monoisotopic (exact) mass is 429 g/mol. The fraction of sp³-hybridized carbons (Fsp3) is 0.421. The van der Waals surface area contributed by atoms with Crippen molar-refractivity contribution < 1.29 is 70.5 Å². The number of carbonyl (C=O) groups is 2. The molecule has 0 bridgehead atoms. The molecule has 28 heavy (non-hydrogen) atoms. The molecule has 0 spiro atoms. The summed E-state index contributed by atoms with van der Waals surface area (Å²) in [6, 6.07) is 5.79. The number of thiazole rings is 1. The number of likely N-dealkylation sites (tertiary alicyclic amines) is 1. The van der Waals surface area contributed by atoms with E-state index in [1.54, 1.807) is 6.92 Å². The van der Waals surface area contributed by atoms with Crippen LogP contribution in [-0.2, 0) is 4.79 Å². The summed E-state index contributed by atoms with van der Waals surface area (Å²) in [6.07, 6.45) is -1.59. The zero-order valence-electron chi connectivity index (χ0n) is 16.4. The van der Waals surface area contributed by atoms with Crippen molar-refractivity contribution in [1.82, 2.24) is 15.2 Å². The minimum absolute atomic E-state index is 0. The second-order valence-corrected chi connectivity index (χ2v) is 7.86. The van der Waals surface area contributed by atoms with E-state index in [1.165, 1.54) is 11.3 Å². The molecule has 1 unspecified atom stereocenters. The Balaban J connectivity index is 0.00000280. The Hall–Kier alpha value is -0.844. The molecule has 1 fully saturated rings. The maximum absolute atomic E-state index is 13.6. The summed E-state index contributed by atoms with van der Waals surface area (Å²) in [5.74, 6) is -1.44. The first-order valence-corrected chi connectivity index (χ1v) is 9.54. The fourth-order valence-corrected chi connectivity index (χ4v) is 4.27. The Morgan fingerprint density at radius 1 is 1.32 bits per heavy atom. The molecule has 2 amide bonds. The minimum atomic E-state index is -1.44. The molecular weight excluding hydrogens is 408 g/mol. The van der Waals surface area contributed by atoms with E-state index in [1.807, 2.05) is 38.1 Å². The maximum Gasteiger partial charge on any atom is 1.00 e. The fourth-order valence-electron chi connectivity index (χ4n) is 3.20. The molecule has 144 valence electrons. The first kappa shape index (κ1) is 23.4. The average Bonchev–Trinajstić information content (AvgIpc) is 3.19. The number of carboxylic acids is 1. The van der Waals surface area contributed by atoms with Gasteiger partial charge in [0.2, 0.25) is 0 Å². The Morgan fingerprint density at radius 3 is 2.57 bits per heavy atom. The molecule has 2 aromatic rings. The van der Waals surface area contributed by atoms with Gasteiger partial charge in [0.1, 0.15) is 11.2 Å². The zero-order chi connectivity index (χ0) is 19.7. The van der Waals surface area contributed by atoms with Crippen LogP contribution < -0.4 is 61.8 Å². The largest absolute Gasteiger partial charge is 1.00 e. The topological polar surface area (TPSA) is 85.4 Å². The summed E-state index contributed by atoms with van der Waals surface area (Å²) in [5.41, 5.74) is 2.95. The van der Waals surface area contributed by atoms with Crippen molar-refractivity contribution in [3.8, 4) is 10.6 Å². The predicted octanol–water partition coefficient (Wildman–Crippen LogP) is -0.636. The van der Waals surface area contributed by atoms with Gasteiger partial charge in [-0.25, -0.2) is 14.2 Å². The molecule has 1 N–H and O–H groups in total. The molecule has 0 aliphatic carbocycles. The van der Waals surface area contributed by atoms with Gasteiger partial charge in [-0.1, -0.05) is 29.8 Å². The van der Waals surface area contributed by atoms with E-state index in [0.717, 1.165) is 31.6 Å². The summed E-state index contributed by atoms with van der Waals surface area (Å²) in [5, 5.41) is 14.8. The van der Waals surface area contributed by atoms with Crippen LogP contribution in [-0.4, -0.2) is 40.6 Å². The van der Waals surface area contributed by atoms with Gasteiger partial charge >= 0.3 is 57.4 Å². The number of aromatic nitrogens is 1. The molecule has 0 radical (unpaired) electrons. The minimum Gasteiger partial charge on any atom is -0.548 e. The zero-order valence-corrected chi connectivity index (χ0v) is 20.3. The molecule has 1 aromatic carbocycles. The van der Waals surface area contributed by atoms with Crippen LogP contribution in [0.2, 0.25) is 0 Å². The van der Waals surface area contributed by atoms with Crippen molar-refractivity contribution in [2.75, 3.05) is 6.54 Å². The average molecular weight is 430 g/mol. The number of halogens is 1.